The third-order valence-electron chi connectivity index (χ3n) is 16.0. The van der Waals surface area contributed by atoms with Crippen LogP contribution in [-0.2, 0) is 16.2 Å². The zero-order valence-corrected chi connectivity index (χ0v) is 39.7. The maximum atomic E-state index is 2.52. The number of anilines is 5. The van der Waals surface area contributed by atoms with Crippen molar-refractivity contribution in [1.82, 2.24) is 0 Å². The Kier molecular flexibility index (Phi) is 9.30. The Balaban J connectivity index is 0.852. The molecule has 0 amide bonds. The van der Waals surface area contributed by atoms with Gasteiger partial charge in [0.1, 0.15) is 0 Å². The van der Waals surface area contributed by atoms with Gasteiger partial charge in [-0.15, -0.1) is 0 Å². The van der Waals surface area contributed by atoms with Crippen molar-refractivity contribution in [3.63, 3.8) is 0 Å². The molecule has 2 unspecified atom stereocenters. The Labute approximate surface area is 407 Å². The first kappa shape index (κ1) is 41.3. The molecule has 2 atom stereocenters. The minimum atomic E-state index is -0.103. The fourth-order valence-corrected chi connectivity index (χ4v) is 12.1. The van der Waals surface area contributed by atoms with E-state index >= 15 is 0 Å². The van der Waals surface area contributed by atoms with Gasteiger partial charge in [-0.2, -0.15) is 0 Å². The fraction of sp³-hybridized carbons (Fsp3) is 0.134. The van der Waals surface area contributed by atoms with E-state index in [1.54, 1.807) is 0 Å². The summed E-state index contributed by atoms with van der Waals surface area (Å²) >= 11 is 0. The molecule has 0 bridgehead atoms. The number of nitrogens with zero attached hydrogens (tertiary/aromatic N) is 2. The summed E-state index contributed by atoms with van der Waals surface area (Å²) in [4.78, 5) is 4.89. The fourth-order valence-electron chi connectivity index (χ4n) is 12.1. The van der Waals surface area contributed by atoms with Crippen LogP contribution in [0.4, 0.5) is 28.4 Å². The van der Waals surface area contributed by atoms with Crippen LogP contribution in [0.15, 0.2) is 242 Å². The highest BCUT2D eigenvalue weighted by molar-refractivity contribution is 5.88. The van der Waals surface area contributed by atoms with Crippen molar-refractivity contribution in [2.24, 2.45) is 5.92 Å². The monoisotopic (exact) mass is 886 g/mol. The molecule has 9 aromatic rings. The summed E-state index contributed by atoms with van der Waals surface area (Å²) in [5, 5.41) is 0. The lowest BCUT2D eigenvalue weighted by atomic mass is 9.82. The molecule has 1 fully saturated rings. The maximum absolute atomic E-state index is 2.52. The van der Waals surface area contributed by atoms with Crippen LogP contribution in [0.1, 0.15) is 61.9 Å². The molecule has 4 aliphatic rings. The van der Waals surface area contributed by atoms with Gasteiger partial charge in [0, 0.05) is 50.4 Å². The summed E-state index contributed by atoms with van der Waals surface area (Å²) in [6.07, 6.45) is 8.51. The van der Waals surface area contributed by atoms with Crippen LogP contribution in [-0.4, -0.2) is 0 Å². The molecular formula is C67H54N2. The van der Waals surface area contributed by atoms with E-state index in [0.717, 1.165) is 29.2 Å². The lowest BCUT2D eigenvalue weighted by Crippen LogP contribution is -2.20. The molecule has 0 aromatic heterocycles. The van der Waals surface area contributed by atoms with Gasteiger partial charge >= 0.3 is 0 Å². The Hall–Kier alpha value is -7.94. The van der Waals surface area contributed by atoms with E-state index in [2.05, 4.69) is 274 Å². The van der Waals surface area contributed by atoms with E-state index in [0.29, 0.717) is 5.92 Å². The van der Waals surface area contributed by atoms with E-state index < -0.39 is 0 Å². The molecule has 0 heterocycles. The highest BCUT2D eigenvalue weighted by Gasteiger charge is 2.53. The van der Waals surface area contributed by atoms with Crippen molar-refractivity contribution in [1.29, 1.82) is 0 Å². The highest BCUT2D eigenvalue weighted by Crippen LogP contribution is 2.59. The second-order valence-electron chi connectivity index (χ2n) is 20.6. The van der Waals surface area contributed by atoms with Crippen LogP contribution < -0.4 is 9.80 Å². The van der Waals surface area contributed by atoms with Crippen LogP contribution in [0.5, 0.6) is 0 Å². The average molecular weight is 887 g/mol. The Morgan fingerprint density at radius 2 is 0.754 bits per heavy atom. The van der Waals surface area contributed by atoms with Crippen molar-refractivity contribution in [2.75, 3.05) is 9.80 Å². The van der Waals surface area contributed by atoms with Gasteiger partial charge in [0.2, 0.25) is 0 Å². The molecular weight excluding hydrogens is 833 g/mol. The van der Waals surface area contributed by atoms with Gasteiger partial charge in [-0.05, 0) is 151 Å². The molecule has 0 aliphatic heterocycles. The van der Waals surface area contributed by atoms with Gasteiger partial charge in [-0.1, -0.05) is 198 Å². The van der Waals surface area contributed by atoms with E-state index in [9.17, 15) is 0 Å². The summed E-state index contributed by atoms with van der Waals surface area (Å²) < 4.78 is 0. The number of fused-ring (bicyclic) bond motifs is 7. The standard InChI is InChI=1S/C67H54N2/c1-65(2)61-21-13-11-19-57(61)59-37-35-54(42-63(59)65)68(51-29-23-46(24-30-51)45-15-7-5-8-16-45)52-31-25-47(26-32-52)48-27-33-53(34-28-48)69(56-39-40-67(44-50(67)41-56)49-17-9-6-10-18-49)55-36-38-60-58-20-12-14-22-62(58)66(3,4)64(60)43-55/h5-43,50H,44H2,1-4H3. The van der Waals surface area contributed by atoms with Crippen LogP contribution in [0.3, 0.4) is 0 Å². The quantitative estimate of drug-likeness (QED) is 0.142. The molecule has 2 nitrogen and oxygen atoms in total. The summed E-state index contributed by atoms with van der Waals surface area (Å²) in [6, 6.07) is 81.0. The highest BCUT2D eigenvalue weighted by atomic mass is 15.2. The van der Waals surface area contributed by atoms with E-state index in [1.165, 1.54) is 83.7 Å². The average Bonchev–Trinajstić information content (AvgIpc) is 4.04. The van der Waals surface area contributed by atoms with Gasteiger partial charge < -0.3 is 9.80 Å². The van der Waals surface area contributed by atoms with Gasteiger partial charge in [-0.25, -0.2) is 0 Å². The first-order valence-corrected chi connectivity index (χ1v) is 24.6. The van der Waals surface area contributed by atoms with Crippen molar-refractivity contribution >= 4 is 28.4 Å². The van der Waals surface area contributed by atoms with Crippen LogP contribution in [0, 0.1) is 5.92 Å². The lowest BCUT2D eigenvalue weighted by molar-refractivity contribution is 0.660. The molecule has 0 saturated heterocycles. The number of hydrogen-bond acceptors (Lipinski definition) is 2. The third-order valence-corrected chi connectivity index (χ3v) is 16.0. The maximum Gasteiger partial charge on any atom is 0.0465 e. The Bertz CT molecular complexity index is 3500. The number of hydrogen-bond donors (Lipinski definition) is 0. The minimum Gasteiger partial charge on any atom is -0.311 e. The van der Waals surface area contributed by atoms with Gasteiger partial charge in [-0.3, -0.25) is 0 Å². The lowest BCUT2D eigenvalue weighted by Gasteiger charge is -2.30. The molecule has 2 heteroatoms. The zero-order valence-electron chi connectivity index (χ0n) is 39.7. The smallest absolute Gasteiger partial charge is 0.0465 e. The molecule has 0 N–H and O–H groups in total. The molecule has 69 heavy (non-hydrogen) atoms. The SMILES string of the molecule is CC1(C)c2ccccc2-c2ccc(N(C3=CC4CC4(c4ccccc4)C=C3)c3ccc(-c4ccc(N(c5ccc(-c6ccccc6)cc5)c5ccc6c(c5)C(C)(C)c5ccccc5-6)cc4)cc3)cc21. The number of allylic oxidation sites excluding steroid dienone is 3. The predicted molar refractivity (Wildman–Crippen MR) is 289 cm³/mol. The largest absolute Gasteiger partial charge is 0.311 e. The van der Waals surface area contributed by atoms with Crippen molar-refractivity contribution in [3.05, 3.63) is 270 Å². The third kappa shape index (κ3) is 6.61. The molecule has 4 aliphatic carbocycles. The molecule has 0 spiro atoms. The van der Waals surface area contributed by atoms with E-state index in [-0.39, 0.29) is 16.2 Å². The van der Waals surface area contributed by atoms with Gasteiger partial charge in [0.05, 0.1) is 0 Å². The van der Waals surface area contributed by atoms with Crippen molar-refractivity contribution < 1.29 is 0 Å². The summed E-state index contributed by atoms with van der Waals surface area (Å²) in [5.74, 6) is 0.469. The van der Waals surface area contributed by atoms with Crippen molar-refractivity contribution in [3.8, 4) is 44.5 Å². The van der Waals surface area contributed by atoms with E-state index in [1.807, 2.05) is 0 Å². The first-order valence-electron chi connectivity index (χ1n) is 24.6. The normalized spacial score (nSPS) is 18.3. The zero-order chi connectivity index (χ0) is 46.5. The van der Waals surface area contributed by atoms with E-state index in [4.69, 9.17) is 0 Å². The predicted octanol–water partition coefficient (Wildman–Crippen LogP) is 17.7. The Morgan fingerprint density at radius 1 is 0.362 bits per heavy atom. The van der Waals surface area contributed by atoms with Crippen LogP contribution in [0.25, 0.3) is 44.5 Å². The second-order valence-corrected chi connectivity index (χ2v) is 20.6. The van der Waals surface area contributed by atoms with Gasteiger partial charge in [0.15, 0.2) is 0 Å². The van der Waals surface area contributed by atoms with Crippen LogP contribution in [0.2, 0.25) is 0 Å². The first-order chi connectivity index (χ1) is 33.7. The molecule has 13 rings (SSSR count). The summed E-state index contributed by atoms with van der Waals surface area (Å²) in [6.45, 7) is 9.46. The number of benzene rings is 9. The summed E-state index contributed by atoms with van der Waals surface area (Å²) in [5.41, 5.74) is 23.9. The second kappa shape index (κ2) is 15.6. The van der Waals surface area contributed by atoms with Gasteiger partial charge in [0.25, 0.3) is 0 Å². The Morgan fingerprint density at radius 3 is 1.25 bits per heavy atom. The van der Waals surface area contributed by atoms with Crippen molar-refractivity contribution in [2.45, 2.75) is 50.4 Å². The number of rotatable bonds is 9. The minimum absolute atomic E-state index is 0.0937. The molecule has 332 valence electrons. The summed E-state index contributed by atoms with van der Waals surface area (Å²) in [7, 11) is 0. The topological polar surface area (TPSA) is 6.48 Å². The molecule has 9 aromatic carbocycles. The molecule has 0 radical (unpaired) electrons. The van der Waals surface area contributed by atoms with Crippen LogP contribution >= 0.6 is 0 Å². The molecule has 1 saturated carbocycles.